The van der Waals surface area contributed by atoms with Gasteiger partial charge in [-0.1, -0.05) is 0 Å². The van der Waals surface area contributed by atoms with Crippen molar-refractivity contribution < 1.29 is 13.5 Å². The Bertz CT molecular complexity index is 127. The van der Waals surface area contributed by atoms with E-state index < -0.39 is 6.61 Å². The number of hydrogen-bond donors (Lipinski definition) is 2. The zero-order chi connectivity index (χ0) is 8.97. The minimum Gasteiger partial charge on any atom is -0.329 e. The highest BCUT2D eigenvalue weighted by Crippen LogP contribution is 2.13. The lowest BCUT2D eigenvalue weighted by atomic mass is 10.0. The lowest BCUT2D eigenvalue weighted by molar-refractivity contribution is -0.167. The highest BCUT2D eigenvalue weighted by Gasteiger charge is 2.22. The van der Waals surface area contributed by atoms with Crippen molar-refractivity contribution in [3.63, 3.8) is 0 Å². The van der Waals surface area contributed by atoms with Gasteiger partial charge in [0.1, 0.15) is 0 Å². The number of hydrogen-bond acceptors (Lipinski definition) is 3. The van der Waals surface area contributed by atoms with Crippen molar-refractivity contribution in [2.24, 2.45) is 5.73 Å². The molecular weight excluding hydrogens is 166 g/mol. The van der Waals surface area contributed by atoms with Crippen molar-refractivity contribution in [1.82, 2.24) is 5.32 Å². The van der Waals surface area contributed by atoms with E-state index in [1.807, 2.05) is 0 Å². The number of nitrogens with two attached hydrogens (primary N) is 1. The van der Waals surface area contributed by atoms with Gasteiger partial charge in [0.2, 0.25) is 0 Å². The van der Waals surface area contributed by atoms with Gasteiger partial charge in [0.05, 0.1) is 6.10 Å². The number of piperidine rings is 1. The predicted octanol–water partition coefficient (Wildman–Crippen LogP) is 0.305. The molecule has 0 saturated carbocycles. The Labute approximate surface area is 70.3 Å². The molecule has 1 aliphatic heterocycles. The lowest BCUT2D eigenvalue weighted by Gasteiger charge is -2.28. The maximum Gasteiger partial charge on any atom is 0.345 e. The van der Waals surface area contributed by atoms with E-state index >= 15 is 0 Å². The second-order valence-corrected chi connectivity index (χ2v) is 2.94. The maximum absolute atomic E-state index is 11.7. The van der Waals surface area contributed by atoms with Crippen LogP contribution in [-0.2, 0) is 4.74 Å². The first-order valence-corrected chi connectivity index (χ1v) is 4.09. The summed E-state index contributed by atoms with van der Waals surface area (Å²) in [6.07, 6.45) is 1.13. The van der Waals surface area contributed by atoms with Gasteiger partial charge in [0.15, 0.2) is 0 Å². The molecule has 1 saturated heterocycles. The third-order valence-corrected chi connectivity index (χ3v) is 2.05. The van der Waals surface area contributed by atoms with Crippen LogP contribution in [-0.4, -0.2) is 31.8 Å². The first-order valence-electron chi connectivity index (χ1n) is 4.09. The van der Waals surface area contributed by atoms with Gasteiger partial charge in [0.25, 0.3) is 0 Å². The molecule has 1 fully saturated rings. The fourth-order valence-corrected chi connectivity index (χ4v) is 1.35. The molecular formula is C7H14F2N2O. The molecule has 0 radical (unpaired) electrons. The molecule has 0 aliphatic carbocycles. The second-order valence-electron chi connectivity index (χ2n) is 2.94. The average molecular weight is 180 g/mol. The van der Waals surface area contributed by atoms with Crippen LogP contribution >= 0.6 is 0 Å². The van der Waals surface area contributed by atoms with E-state index in [-0.39, 0.29) is 12.1 Å². The minimum absolute atomic E-state index is 0.266. The summed E-state index contributed by atoms with van der Waals surface area (Å²) in [6.45, 7) is -1.63. The number of rotatable bonds is 3. The van der Waals surface area contributed by atoms with Crippen LogP contribution < -0.4 is 11.1 Å². The molecule has 0 bridgehead atoms. The third kappa shape index (κ3) is 3.00. The summed E-state index contributed by atoms with van der Waals surface area (Å²) in [4.78, 5) is 0. The Balaban J connectivity index is 2.17. The van der Waals surface area contributed by atoms with Crippen molar-refractivity contribution in [3.8, 4) is 0 Å². The van der Waals surface area contributed by atoms with Crippen molar-refractivity contribution in [2.75, 3.05) is 13.1 Å². The van der Waals surface area contributed by atoms with Gasteiger partial charge in [0, 0.05) is 19.1 Å². The topological polar surface area (TPSA) is 47.3 Å². The Morgan fingerprint density at radius 1 is 1.50 bits per heavy atom. The van der Waals surface area contributed by atoms with Crippen LogP contribution in [0.15, 0.2) is 0 Å². The summed E-state index contributed by atoms with van der Waals surface area (Å²) in [5.74, 6) is 0. The predicted molar refractivity (Wildman–Crippen MR) is 41.0 cm³/mol. The number of halogens is 2. The standard InChI is InChI=1S/C7H14F2N2O/c8-7(9)12-6-2-1-5(3-10)11-4-6/h5-7,11H,1-4,10H2/t5-,6+/m0/s1. The molecule has 12 heavy (non-hydrogen) atoms. The quantitative estimate of drug-likeness (QED) is 0.657. The summed E-state index contributed by atoms with van der Waals surface area (Å²) in [5, 5.41) is 3.04. The van der Waals surface area contributed by atoms with Gasteiger partial charge in [-0.05, 0) is 12.8 Å². The second kappa shape index (κ2) is 4.69. The van der Waals surface area contributed by atoms with Gasteiger partial charge in [-0.15, -0.1) is 0 Å². The van der Waals surface area contributed by atoms with Crippen LogP contribution in [0.2, 0.25) is 0 Å². The zero-order valence-corrected chi connectivity index (χ0v) is 6.80. The van der Waals surface area contributed by atoms with Crippen molar-refractivity contribution in [1.29, 1.82) is 0 Å². The van der Waals surface area contributed by atoms with E-state index in [0.29, 0.717) is 19.5 Å². The summed E-state index contributed by atoms with van der Waals surface area (Å²) >= 11 is 0. The van der Waals surface area contributed by atoms with E-state index in [1.165, 1.54) is 0 Å². The molecule has 0 amide bonds. The molecule has 1 aliphatic rings. The minimum atomic E-state index is -2.66. The van der Waals surface area contributed by atoms with Crippen molar-refractivity contribution in [2.45, 2.75) is 31.6 Å². The summed E-state index contributed by atoms with van der Waals surface area (Å²) in [7, 11) is 0. The molecule has 0 spiro atoms. The molecule has 3 nitrogen and oxygen atoms in total. The van der Waals surface area contributed by atoms with Crippen LogP contribution in [0.4, 0.5) is 8.78 Å². The molecule has 1 rings (SSSR count). The van der Waals surface area contributed by atoms with E-state index in [2.05, 4.69) is 10.1 Å². The molecule has 1 heterocycles. The summed E-state index contributed by atoms with van der Waals surface area (Å²) in [6, 6.07) is 0.266. The molecule has 0 aromatic carbocycles. The fraction of sp³-hybridized carbons (Fsp3) is 1.00. The number of nitrogens with one attached hydrogen (secondary N) is 1. The van der Waals surface area contributed by atoms with E-state index in [9.17, 15) is 8.78 Å². The van der Waals surface area contributed by atoms with Crippen LogP contribution in [0.1, 0.15) is 12.8 Å². The number of alkyl halides is 2. The monoisotopic (exact) mass is 180 g/mol. The van der Waals surface area contributed by atoms with Gasteiger partial charge in [-0.25, -0.2) is 0 Å². The molecule has 3 N–H and O–H groups in total. The Kier molecular flexibility index (Phi) is 3.84. The first-order chi connectivity index (χ1) is 5.72. The molecule has 5 heteroatoms. The highest BCUT2D eigenvalue weighted by atomic mass is 19.3. The van der Waals surface area contributed by atoms with Gasteiger partial charge in [-0.2, -0.15) is 8.78 Å². The van der Waals surface area contributed by atoms with Crippen LogP contribution in [0.25, 0.3) is 0 Å². The SMILES string of the molecule is NC[C@@H]1CC[C@@H](OC(F)F)CN1. The van der Waals surface area contributed by atoms with E-state index in [0.717, 1.165) is 6.42 Å². The summed E-state index contributed by atoms with van der Waals surface area (Å²) < 4.78 is 27.8. The smallest absolute Gasteiger partial charge is 0.329 e. The Morgan fingerprint density at radius 3 is 2.67 bits per heavy atom. The molecule has 0 unspecified atom stereocenters. The van der Waals surface area contributed by atoms with Crippen molar-refractivity contribution in [3.05, 3.63) is 0 Å². The van der Waals surface area contributed by atoms with E-state index in [4.69, 9.17) is 5.73 Å². The fourth-order valence-electron chi connectivity index (χ4n) is 1.35. The molecule has 72 valence electrons. The molecule has 0 aromatic rings. The maximum atomic E-state index is 11.7. The molecule has 0 aromatic heterocycles. The average Bonchev–Trinajstić information content (AvgIpc) is 2.05. The zero-order valence-electron chi connectivity index (χ0n) is 6.80. The van der Waals surface area contributed by atoms with Gasteiger partial charge >= 0.3 is 6.61 Å². The Hall–Kier alpha value is -0.260. The van der Waals surface area contributed by atoms with Crippen LogP contribution in [0.3, 0.4) is 0 Å². The number of ether oxygens (including phenoxy) is 1. The van der Waals surface area contributed by atoms with Crippen molar-refractivity contribution >= 4 is 0 Å². The van der Waals surface area contributed by atoms with Crippen LogP contribution in [0.5, 0.6) is 0 Å². The van der Waals surface area contributed by atoms with Gasteiger partial charge < -0.3 is 15.8 Å². The molecule has 2 atom stereocenters. The first kappa shape index (κ1) is 9.83. The van der Waals surface area contributed by atoms with E-state index in [1.54, 1.807) is 0 Å². The third-order valence-electron chi connectivity index (χ3n) is 2.05. The summed E-state index contributed by atoms with van der Waals surface area (Å²) in [5.41, 5.74) is 5.40. The van der Waals surface area contributed by atoms with Crippen LogP contribution in [0, 0.1) is 0 Å². The Morgan fingerprint density at radius 2 is 2.25 bits per heavy atom. The normalized spacial score (nSPS) is 31.0. The highest BCUT2D eigenvalue weighted by molar-refractivity contribution is 4.78. The lowest BCUT2D eigenvalue weighted by Crippen LogP contribution is -2.46. The van der Waals surface area contributed by atoms with Gasteiger partial charge in [-0.3, -0.25) is 0 Å². The largest absolute Gasteiger partial charge is 0.345 e.